The zero-order chi connectivity index (χ0) is 15.5. The number of primary amides is 1. The van der Waals surface area contributed by atoms with Gasteiger partial charge in [-0.1, -0.05) is 25.5 Å². The van der Waals surface area contributed by atoms with Crippen LogP contribution in [0.5, 0.6) is 5.75 Å². The molecule has 0 aromatic heterocycles. The molecule has 0 spiro atoms. The number of hydrogen-bond acceptors (Lipinski definition) is 3. The monoisotopic (exact) mass is 302 g/mol. The normalized spacial score (nSPS) is 23.4. The first-order valence-electron chi connectivity index (χ1n) is 8.42. The zero-order valence-electron chi connectivity index (χ0n) is 13.4. The van der Waals surface area contributed by atoms with Crippen LogP contribution in [0.2, 0.25) is 0 Å². The molecular weight excluding hydrogens is 276 g/mol. The number of piperidine rings is 1. The summed E-state index contributed by atoms with van der Waals surface area (Å²) in [6.07, 6.45) is 4.83. The average molecular weight is 302 g/mol. The second-order valence-corrected chi connectivity index (χ2v) is 6.64. The third-order valence-electron chi connectivity index (χ3n) is 5.07. The maximum absolute atomic E-state index is 11.5. The lowest BCUT2D eigenvalue weighted by Gasteiger charge is -2.30. The number of nitrogens with zero attached hydrogens (tertiary/aromatic N) is 1. The van der Waals surface area contributed by atoms with Gasteiger partial charge in [-0.3, -0.25) is 9.69 Å². The van der Waals surface area contributed by atoms with Gasteiger partial charge < -0.3 is 10.5 Å². The Balaban J connectivity index is 1.76. The zero-order valence-corrected chi connectivity index (χ0v) is 13.4. The smallest absolute Gasteiger partial charge is 0.220 e. The highest BCUT2D eigenvalue weighted by molar-refractivity contribution is 5.77. The van der Waals surface area contributed by atoms with Crippen molar-refractivity contribution in [2.45, 2.75) is 45.1 Å². The SMILES string of the molecule is CC(C(N)=O)C1CCOc2cc(CN3CCCCC3)ccc21. The minimum Gasteiger partial charge on any atom is -0.493 e. The first kappa shape index (κ1) is 15.3. The van der Waals surface area contributed by atoms with Crippen LogP contribution in [0.3, 0.4) is 0 Å². The Morgan fingerprint density at radius 1 is 1.36 bits per heavy atom. The largest absolute Gasteiger partial charge is 0.493 e. The number of rotatable bonds is 4. The van der Waals surface area contributed by atoms with Crippen molar-refractivity contribution in [2.75, 3.05) is 19.7 Å². The summed E-state index contributed by atoms with van der Waals surface area (Å²) in [7, 11) is 0. The van der Waals surface area contributed by atoms with Gasteiger partial charge >= 0.3 is 0 Å². The van der Waals surface area contributed by atoms with E-state index in [1.165, 1.54) is 37.9 Å². The van der Waals surface area contributed by atoms with Crippen molar-refractivity contribution in [3.8, 4) is 5.75 Å². The van der Waals surface area contributed by atoms with Crippen molar-refractivity contribution >= 4 is 5.91 Å². The van der Waals surface area contributed by atoms with E-state index in [1.807, 2.05) is 6.92 Å². The molecule has 0 radical (unpaired) electrons. The van der Waals surface area contributed by atoms with Gasteiger partial charge in [0.2, 0.25) is 5.91 Å². The summed E-state index contributed by atoms with van der Waals surface area (Å²) < 4.78 is 5.84. The van der Waals surface area contributed by atoms with Crippen molar-refractivity contribution in [3.63, 3.8) is 0 Å². The lowest BCUT2D eigenvalue weighted by molar-refractivity contribution is -0.122. The standard InChI is InChI=1S/C18H26N2O2/c1-13(18(19)21)15-7-10-22-17-11-14(5-6-16(15)17)12-20-8-3-2-4-9-20/h5-6,11,13,15H,2-4,7-10,12H2,1H3,(H2,19,21). The van der Waals surface area contributed by atoms with E-state index < -0.39 is 0 Å². The second-order valence-electron chi connectivity index (χ2n) is 6.64. The molecular formula is C18H26N2O2. The summed E-state index contributed by atoms with van der Waals surface area (Å²) in [6, 6.07) is 6.48. The molecule has 120 valence electrons. The highest BCUT2D eigenvalue weighted by Gasteiger charge is 2.29. The van der Waals surface area contributed by atoms with E-state index >= 15 is 0 Å². The van der Waals surface area contributed by atoms with E-state index in [9.17, 15) is 4.79 Å². The van der Waals surface area contributed by atoms with E-state index in [0.717, 1.165) is 24.3 Å². The topological polar surface area (TPSA) is 55.6 Å². The predicted molar refractivity (Wildman–Crippen MR) is 86.8 cm³/mol. The van der Waals surface area contributed by atoms with Crippen LogP contribution in [0.4, 0.5) is 0 Å². The molecule has 1 aromatic rings. The molecule has 22 heavy (non-hydrogen) atoms. The first-order valence-corrected chi connectivity index (χ1v) is 8.42. The van der Waals surface area contributed by atoms with Crippen LogP contribution >= 0.6 is 0 Å². The van der Waals surface area contributed by atoms with E-state index in [-0.39, 0.29) is 17.7 Å². The Bertz CT molecular complexity index is 538. The Morgan fingerprint density at radius 2 is 2.14 bits per heavy atom. The molecule has 1 aromatic carbocycles. The fourth-order valence-corrected chi connectivity index (χ4v) is 3.65. The number of carbonyl (C=O) groups excluding carboxylic acids is 1. The molecule has 2 atom stereocenters. The Hall–Kier alpha value is -1.55. The first-order chi connectivity index (χ1) is 10.6. The molecule has 2 heterocycles. The van der Waals surface area contributed by atoms with Gasteiger partial charge in [0, 0.05) is 18.4 Å². The van der Waals surface area contributed by atoms with E-state index in [1.54, 1.807) is 0 Å². The number of amides is 1. The molecule has 0 bridgehead atoms. The van der Waals surface area contributed by atoms with Gasteiger partial charge in [0.1, 0.15) is 5.75 Å². The fraction of sp³-hybridized carbons (Fsp3) is 0.611. The Morgan fingerprint density at radius 3 is 2.86 bits per heavy atom. The van der Waals surface area contributed by atoms with Crippen LogP contribution in [0.1, 0.15) is 49.7 Å². The lowest BCUT2D eigenvalue weighted by atomic mass is 9.82. The maximum Gasteiger partial charge on any atom is 0.220 e. The summed E-state index contributed by atoms with van der Waals surface area (Å²) in [5.74, 6) is 0.759. The number of nitrogens with two attached hydrogens (primary N) is 1. The number of likely N-dealkylation sites (tertiary alicyclic amines) is 1. The average Bonchev–Trinajstić information content (AvgIpc) is 2.54. The summed E-state index contributed by atoms with van der Waals surface area (Å²) in [4.78, 5) is 14.0. The third kappa shape index (κ3) is 3.27. The van der Waals surface area contributed by atoms with Crippen molar-refractivity contribution in [1.82, 2.24) is 4.90 Å². The minimum absolute atomic E-state index is 0.143. The summed E-state index contributed by atoms with van der Waals surface area (Å²) in [5.41, 5.74) is 7.93. The van der Waals surface area contributed by atoms with Crippen LogP contribution in [0.25, 0.3) is 0 Å². The van der Waals surface area contributed by atoms with E-state index in [4.69, 9.17) is 10.5 Å². The molecule has 0 saturated carbocycles. The third-order valence-corrected chi connectivity index (χ3v) is 5.07. The molecule has 2 N–H and O–H groups in total. The Labute approximate surface area is 132 Å². The van der Waals surface area contributed by atoms with Crippen LogP contribution < -0.4 is 10.5 Å². The molecule has 0 aliphatic carbocycles. The quantitative estimate of drug-likeness (QED) is 0.930. The summed E-state index contributed by atoms with van der Waals surface area (Å²) >= 11 is 0. The predicted octanol–water partition coefficient (Wildman–Crippen LogP) is 2.66. The maximum atomic E-state index is 11.5. The molecule has 3 rings (SSSR count). The lowest BCUT2D eigenvalue weighted by Crippen LogP contribution is -2.30. The van der Waals surface area contributed by atoms with Crippen molar-refractivity contribution in [2.24, 2.45) is 11.7 Å². The van der Waals surface area contributed by atoms with Crippen molar-refractivity contribution in [1.29, 1.82) is 0 Å². The van der Waals surface area contributed by atoms with E-state index in [2.05, 4.69) is 23.1 Å². The van der Waals surface area contributed by atoms with E-state index in [0.29, 0.717) is 6.61 Å². The van der Waals surface area contributed by atoms with Gasteiger partial charge in [0.05, 0.1) is 6.61 Å². The fourth-order valence-electron chi connectivity index (χ4n) is 3.65. The Kier molecular flexibility index (Phi) is 4.67. The van der Waals surface area contributed by atoms with Crippen molar-refractivity contribution < 1.29 is 9.53 Å². The van der Waals surface area contributed by atoms with Crippen molar-refractivity contribution in [3.05, 3.63) is 29.3 Å². The number of hydrogen-bond donors (Lipinski definition) is 1. The van der Waals surface area contributed by atoms with Crippen LogP contribution in [0, 0.1) is 5.92 Å². The minimum atomic E-state index is -0.227. The molecule has 1 saturated heterocycles. The van der Waals surface area contributed by atoms with Crippen LogP contribution in [-0.4, -0.2) is 30.5 Å². The van der Waals surface area contributed by atoms with Gasteiger partial charge in [-0.05, 0) is 49.5 Å². The molecule has 2 aliphatic rings. The molecule has 4 nitrogen and oxygen atoms in total. The van der Waals surface area contributed by atoms with Gasteiger partial charge in [0.15, 0.2) is 0 Å². The molecule has 4 heteroatoms. The number of fused-ring (bicyclic) bond motifs is 1. The highest BCUT2D eigenvalue weighted by atomic mass is 16.5. The van der Waals surface area contributed by atoms with Crippen LogP contribution in [0.15, 0.2) is 18.2 Å². The summed E-state index contributed by atoms with van der Waals surface area (Å²) in [5, 5.41) is 0. The number of carbonyl (C=O) groups is 1. The van der Waals surface area contributed by atoms with Crippen LogP contribution in [-0.2, 0) is 11.3 Å². The second kappa shape index (κ2) is 6.69. The molecule has 2 aliphatic heterocycles. The summed E-state index contributed by atoms with van der Waals surface area (Å²) in [6.45, 7) is 5.97. The van der Waals surface area contributed by atoms with Gasteiger partial charge in [-0.25, -0.2) is 0 Å². The molecule has 1 amide bonds. The van der Waals surface area contributed by atoms with Gasteiger partial charge in [0.25, 0.3) is 0 Å². The highest BCUT2D eigenvalue weighted by Crippen LogP contribution is 2.39. The molecule has 2 unspecified atom stereocenters. The van der Waals surface area contributed by atoms with Gasteiger partial charge in [-0.15, -0.1) is 0 Å². The number of ether oxygens (including phenoxy) is 1. The number of benzene rings is 1. The van der Waals surface area contributed by atoms with Gasteiger partial charge in [-0.2, -0.15) is 0 Å². The molecule has 1 fully saturated rings.